The van der Waals surface area contributed by atoms with E-state index in [1.165, 1.54) is 5.92 Å². The van der Waals surface area contributed by atoms with Gasteiger partial charge in [-0.3, -0.25) is 4.79 Å². The van der Waals surface area contributed by atoms with Gasteiger partial charge in [0.15, 0.2) is 0 Å². The number of aliphatic imine (C=N–C) groups is 2. The van der Waals surface area contributed by atoms with E-state index in [9.17, 15) is 4.79 Å². The zero-order valence-electron chi connectivity index (χ0n) is 15.4. The quantitative estimate of drug-likeness (QED) is 0.333. The van der Waals surface area contributed by atoms with Crippen LogP contribution in [0, 0.1) is 31.6 Å². The highest BCUT2D eigenvalue weighted by Gasteiger charge is 2.18. The smallest absolute Gasteiger partial charge is 0.220 e. The standard InChI is InChI=1S/C19H31N4O/c1-4-20-17-21-13-7-15-23(2,3)16-8-14-22-19(24)12-11-18-9-5-6-10-18/h5-6,9-10H,4,7-8,11-16H2,1-3H3/p+1. The molecule has 24 heavy (non-hydrogen) atoms. The van der Waals surface area contributed by atoms with Crippen LogP contribution in [0.25, 0.3) is 0 Å². The summed E-state index contributed by atoms with van der Waals surface area (Å²) >= 11 is 0. The molecule has 0 aromatic rings. The summed E-state index contributed by atoms with van der Waals surface area (Å²) in [4.78, 5) is 19.9. The van der Waals surface area contributed by atoms with Gasteiger partial charge in [-0.05, 0) is 44.9 Å². The molecule has 1 saturated carbocycles. The Hall–Kier alpha value is -1.19. The van der Waals surface area contributed by atoms with Crippen LogP contribution in [0.5, 0.6) is 0 Å². The van der Waals surface area contributed by atoms with E-state index in [1.807, 2.05) is 19.8 Å². The molecule has 0 unspecified atom stereocenters. The van der Waals surface area contributed by atoms with Crippen molar-refractivity contribution in [1.29, 1.82) is 0 Å². The molecule has 1 rings (SSSR count). The zero-order valence-corrected chi connectivity index (χ0v) is 15.4. The number of carbonyl (C=O) groups excluding carboxylic acids is 1. The highest BCUT2D eigenvalue weighted by atomic mass is 16.1. The lowest BCUT2D eigenvalue weighted by atomic mass is 10.0. The Morgan fingerprint density at radius 1 is 1.17 bits per heavy atom. The van der Waals surface area contributed by atoms with Crippen molar-refractivity contribution in [1.82, 2.24) is 5.32 Å². The van der Waals surface area contributed by atoms with Crippen LogP contribution < -0.4 is 5.32 Å². The third kappa shape index (κ3) is 10.6. The van der Waals surface area contributed by atoms with Crippen LogP contribution in [0.3, 0.4) is 0 Å². The molecule has 0 saturated heterocycles. The van der Waals surface area contributed by atoms with Gasteiger partial charge in [0.25, 0.3) is 0 Å². The second kappa shape index (κ2) is 12.2. The second-order valence-electron chi connectivity index (χ2n) is 6.69. The van der Waals surface area contributed by atoms with Crippen molar-refractivity contribution in [2.75, 3.05) is 46.8 Å². The predicted molar refractivity (Wildman–Crippen MR) is 99.0 cm³/mol. The highest BCUT2D eigenvalue weighted by molar-refractivity contribution is 5.76. The molecule has 0 bridgehead atoms. The van der Waals surface area contributed by atoms with E-state index < -0.39 is 0 Å². The van der Waals surface area contributed by atoms with Gasteiger partial charge in [0.1, 0.15) is 0 Å². The number of nitrogens with zero attached hydrogens (tertiary/aromatic N) is 3. The summed E-state index contributed by atoms with van der Waals surface area (Å²) in [7, 11) is 4.45. The fourth-order valence-corrected chi connectivity index (χ4v) is 2.52. The molecule has 5 nitrogen and oxygen atoms in total. The van der Waals surface area contributed by atoms with Crippen LogP contribution in [0.1, 0.15) is 32.6 Å². The maximum Gasteiger partial charge on any atom is 0.220 e. The second-order valence-corrected chi connectivity index (χ2v) is 6.69. The van der Waals surface area contributed by atoms with Crippen molar-refractivity contribution in [2.24, 2.45) is 9.98 Å². The van der Waals surface area contributed by atoms with Gasteiger partial charge in [-0.1, -0.05) is 0 Å². The van der Waals surface area contributed by atoms with Crippen molar-refractivity contribution < 1.29 is 9.28 Å². The third-order valence-corrected chi connectivity index (χ3v) is 3.97. The summed E-state index contributed by atoms with van der Waals surface area (Å²) in [6.45, 7) is 6.37. The third-order valence-electron chi connectivity index (χ3n) is 3.97. The number of amides is 1. The Labute approximate surface area is 148 Å². The largest absolute Gasteiger partial charge is 0.356 e. The minimum absolute atomic E-state index is 0.144. The average molecular weight is 332 g/mol. The summed E-state index contributed by atoms with van der Waals surface area (Å²) in [5.41, 5.74) is 0. The number of nitrogens with one attached hydrogen (secondary N) is 1. The molecule has 0 aromatic heterocycles. The lowest BCUT2D eigenvalue weighted by Crippen LogP contribution is -2.42. The minimum atomic E-state index is 0.144. The van der Waals surface area contributed by atoms with Crippen molar-refractivity contribution >= 4 is 11.9 Å². The van der Waals surface area contributed by atoms with Crippen LogP contribution in [-0.4, -0.2) is 63.2 Å². The highest BCUT2D eigenvalue weighted by Crippen LogP contribution is 2.26. The van der Waals surface area contributed by atoms with Crippen LogP contribution in [-0.2, 0) is 4.79 Å². The Morgan fingerprint density at radius 2 is 1.88 bits per heavy atom. The van der Waals surface area contributed by atoms with E-state index in [0.29, 0.717) is 6.42 Å². The molecule has 5 heteroatoms. The van der Waals surface area contributed by atoms with Gasteiger partial charge >= 0.3 is 0 Å². The van der Waals surface area contributed by atoms with E-state index in [1.54, 1.807) is 0 Å². The molecule has 1 N–H and O–H groups in total. The topological polar surface area (TPSA) is 53.8 Å². The molecule has 1 aliphatic carbocycles. The number of quaternary nitrogens is 1. The molecule has 133 valence electrons. The Kier molecular flexibility index (Phi) is 10.6. The molecule has 0 aromatic carbocycles. The predicted octanol–water partition coefficient (Wildman–Crippen LogP) is 2.34. The molecule has 0 heterocycles. The van der Waals surface area contributed by atoms with E-state index in [4.69, 9.17) is 0 Å². The van der Waals surface area contributed by atoms with E-state index in [0.717, 1.165) is 56.5 Å². The van der Waals surface area contributed by atoms with Crippen LogP contribution in [0.2, 0.25) is 0 Å². The Bertz CT molecular complexity index is 408. The number of carbonyl (C=O) groups is 1. The maximum atomic E-state index is 11.8. The maximum absolute atomic E-state index is 11.8. The fraction of sp³-hybridized carbons (Fsp3) is 0.632. The minimum Gasteiger partial charge on any atom is -0.356 e. The monoisotopic (exact) mass is 332 g/mol. The molecular formula is C19H32N4O+. The van der Waals surface area contributed by atoms with Crippen molar-refractivity contribution in [2.45, 2.75) is 32.6 Å². The number of hydrogen-bond donors (Lipinski definition) is 1. The fourth-order valence-electron chi connectivity index (χ4n) is 2.52. The van der Waals surface area contributed by atoms with Crippen LogP contribution in [0.15, 0.2) is 9.98 Å². The summed E-state index contributed by atoms with van der Waals surface area (Å²) in [6.07, 6.45) is 11.6. The molecule has 0 aliphatic heterocycles. The summed E-state index contributed by atoms with van der Waals surface area (Å²) in [5.74, 6) is 1.38. The summed E-state index contributed by atoms with van der Waals surface area (Å²) in [5, 5.41) is 3.02. The molecule has 1 amide bonds. The van der Waals surface area contributed by atoms with E-state index in [-0.39, 0.29) is 5.91 Å². The molecule has 5 radical (unpaired) electrons. The van der Waals surface area contributed by atoms with Gasteiger partial charge in [0.05, 0.1) is 39.7 Å². The Morgan fingerprint density at radius 3 is 2.58 bits per heavy atom. The van der Waals surface area contributed by atoms with Gasteiger partial charge in [-0.2, -0.15) is 0 Å². The average Bonchev–Trinajstić information content (AvgIpc) is 3.06. The first-order valence-electron chi connectivity index (χ1n) is 8.91. The van der Waals surface area contributed by atoms with Crippen LogP contribution in [0.4, 0.5) is 0 Å². The zero-order chi connectivity index (χ0) is 17.7. The van der Waals surface area contributed by atoms with Gasteiger partial charge < -0.3 is 9.80 Å². The van der Waals surface area contributed by atoms with Gasteiger partial charge in [0.2, 0.25) is 5.91 Å². The van der Waals surface area contributed by atoms with Gasteiger partial charge in [-0.15, -0.1) is 0 Å². The molecule has 0 atom stereocenters. The number of hydrogen-bond acceptors (Lipinski definition) is 3. The first kappa shape index (κ1) is 20.9. The van der Waals surface area contributed by atoms with Gasteiger partial charge in [-0.25, -0.2) is 9.98 Å². The Balaban J connectivity index is 2.03. The van der Waals surface area contributed by atoms with Crippen molar-refractivity contribution in [3.63, 3.8) is 0 Å². The summed E-state index contributed by atoms with van der Waals surface area (Å²) in [6, 6.07) is 2.70. The lowest BCUT2D eigenvalue weighted by Gasteiger charge is -2.29. The summed E-state index contributed by atoms with van der Waals surface area (Å²) < 4.78 is 0.948. The van der Waals surface area contributed by atoms with Crippen molar-refractivity contribution in [3.8, 4) is 0 Å². The molecule has 0 spiro atoms. The molecular weight excluding hydrogens is 300 g/mol. The van der Waals surface area contributed by atoms with Crippen LogP contribution >= 0.6 is 0 Å². The molecule has 1 fully saturated rings. The van der Waals surface area contributed by atoms with Crippen molar-refractivity contribution in [3.05, 3.63) is 31.6 Å². The normalized spacial score (nSPS) is 15.1. The van der Waals surface area contributed by atoms with E-state index >= 15 is 0 Å². The molecule has 1 aliphatic rings. The first-order chi connectivity index (χ1) is 11.5. The number of rotatable bonds is 12. The lowest BCUT2D eigenvalue weighted by molar-refractivity contribution is -0.890. The SMILES string of the molecule is CCN=C=NCCC[N+](C)(C)CCCNC(=O)CC[C]1[CH][CH][CH][CH]1. The van der Waals surface area contributed by atoms with E-state index in [2.05, 4.69) is 48.2 Å². The van der Waals surface area contributed by atoms with Gasteiger partial charge in [0, 0.05) is 32.4 Å². The first-order valence-corrected chi connectivity index (χ1v) is 8.91.